The molecule has 2 rings (SSSR count). The Morgan fingerprint density at radius 2 is 1.80 bits per heavy atom. The van der Waals surface area contributed by atoms with Crippen LogP contribution in [0, 0.1) is 0 Å². The van der Waals surface area contributed by atoms with Crippen LogP contribution in [-0.4, -0.2) is 15.6 Å². The molecule has 0 aliphatic carbocycles. The van der Waals surface area contributed by atoms with Crippen LogP contribution in [0.15, 0.2) is 53.0 Å². The lowest BCUT2D eigenvalue weighted by Crippen LogP contribution is -2.15. The smallest absolute Gasteiger partial charge is 0.320 e. The van der Waals surface area contributed by atoms with Gasteiger partial charge in [0.15, 0.2) is 0 Å². The zero-order valence-electron chi connectivity index (χ0n) is 13.2. The molecule has 0 fully saturated rings. The largest absolute Gasteiger partial charge is 0.399 e. The minimum absolute atomic E-state index is 0.0630. The lowest BCUT2D eigenvalue weighted by atomic mass is 9.89. The molecule has 0 heterocycles. The van der Waals surface area contributed by atoms with Gasteiger partial charge in [0.05, 0.1) is 0 Å². The highest BCUT2D eigenvalue weighted by molar-refractivity contribution is 9.10. The average molecular weight is 433 g/mol. The van der Waals surface area contributed by atoms with E-state index in [0.717, 1.165) is 11.6 Å². The summed E-state index contributed by atoms with van der Waals surface area (Å²) < 4.78 is 38.6. The maximum absolute atomic E-state index is 13.9. The van der Waals surface area contributed by atoms with Crippen molar-refractivity contribution < 1.29 is 27.9 Å². The van der Waals surface area contributed by atoms with E-state index in [0.29, 0.717) is 12.0 Å². The third-order valence-corrected chi connectivity index (χ3v) is 5.48. The lowest BCUT2D eigenvalue weighted by Gasteiger charge is -2.20. The number of benzene rings is 2. The summed E-state index contributed by atoms with van der Waals surface area (Å²) in [5, 5.41) is 0. The van der Waals surface area contributed by atoms with Gasteiger partial charge in [-0.1, -0.05) is 58.4 Å². The molecule has 0 saturated heterocycles. The molecule has 0 bridgehead atoms. The van der Waals surface area contributed by atoms with Gasteiger partial charge in [-0.3, -0.25) is 9.36 Å². The molecule has 0 saturated carbocycles. The second-order valence-electron chi connectivity index (χ2n) is 5.68. The number of rotatable bonds is 6. The van der Waals surface area contributed by atoms with Crippen LogP contribution in [0.4, 0.5) is 8.78 Å². The molecule has 0 aliphatic heterocycles. The quantitative estimate of drug-likeness (QED) is 0.654. The first kappa shape index (κ1) is 19.9. The standard InChI is InChI=1S/C17H16BrF2O4P/c1-11(21)14(13-5-3-2-4-6-13)9-12-7-8-15(16(18)10-12)17(19,20)25(22,23)24/h2-8,10,14H,9H2,1H3,(H2,22,23,24). The molecule has 1 atom stereocenters. The topological polar surface area (TPSA) is 74.6 Å². The number of hydrogen-bond acceptors (Lipinski definition) is 2. The highest BCUT2D eigenvalue weighted by Gasteiger charge is 2.51. The van der Waals surface area contributed by atoms with Crippen molar-refractivity contribution in [2.24, 2.45) is 0 Å². The first-order valence-corrected chi connectivity index (χ1v) is 9.72. The molecule has 25 heavy (non-hydrogen) atoms. The zero-order valence-corrected chi connectivity index (χ0v) is 15.7. The molecular formula is C17H16BrF2O4P. The number of Topliss-reactive ketones (excluding diaryl/α,β-unsaturated/α-hetero) is 1. The fourth-order valence-electron chi connectivity index (χ4n) is 2.50. The molecule has 1 unspecified atom stereocenters. The van der Waals surface area contributed by atoms with Crippen molar-refractivity contribution in [1.82, 2.24) is 0 Å². The van der Waals surface area contributed by atoms with Crippen LogP contribution in [0.2, 0.25) is 0 Å². The van der Waals surface area contributed by atoms with E-state index in [9.17, 15) is 18.1 Å². The molecule has 4 nitrogen and oxygen atoms in total. The predicted octanol–water partition coefficient (Wildman–Crippen LogP) is 4.59. The van der Waals surface area contributed by atoms with Crippen molar-refractivity contribution >= 4 is 29.3 Å². The first-order valence-electron chi connectivity index (χ1n) is 7.32. The van der Waals surface area contributed by atoms with Gasteiger partial charge < -0.3 is 9.79 Å². The van der Waals surface area contributed by atoms with Crippen LogP contribution >= 0.6 is 23.5 Å². The fraction of sp³-hybridized carbons (Fsp3) is 0.235. The van der Waals surface area contributed by atoms with Crippen molar-refractivity contribution in [2.45, 2.75) is 24.9 Å². The number of hydrogen-bond donors (Lipinski definition) is 2. The van der Waals surface area contributed by atoms with Crippen molar-refractivity contribution in [3.05, 3.63) is 69.7 Å². The van der Waals surface area contributed by atoms with Crippen LogP contribution in [0.3, 0.4) is 0 Å². The predicted molar refractivity (Wildman–Crippen MR) is 93.6 cm³/mol. The van der Waals surface area contributed by atoms with E-state index in [2.05, 4.69) is 15.9 Å². The fourth-order valence-corrected chi connectivity index (χ4v) is 3.84. The summed E-state index contributed by atoms with van der Waals surface area (Å²) in [5.74, 6) is -0.492. The monoisotopic (exact) mass is 432 g/mol. The second-order valence-corrected chi connectivity index (χ2v) is 8.18. The molecule has 2 N–H and O–H groups in total. The van der Waals surface area contributed by atoms with Gasteiger partial charge >= 0.3 is 13.3 Å². The number of alkyl halides is 2. The normalized spacial score (nSPS) is 13.5. The molecule has 0 radical (unpaired) electrons. The third-order valence-electron chi connectivity index (χ3n) is 3.86. The Labute approximate surface area is 152 Å². The molecule has 2 aromatic carbocycles. The van der Waals surface area contributed by atoms with Gasteiger partial charge in [0.25, 0.3) is 0 Å². The van der Waals surface area contributed by atoms with E-state index in [1.165, 1.54) is 19.1 Å². The summed E-state index contributed by atoms with van der Waals surface area (Å²) in [4.78, 5) is 29.7. The van der Waals surface area contributed by atoms with Crippen molar-refractivity contribution in [3.8, 4) is 0 Å². The van der Waals surface area contributed by atoms with E-state index >= 15 is 0 Å². The maximum Gasteiger partial charge on any atom is 0.399 e. The molecule has 8 heteroatoms. The zero-order chi connectivity index (χ0) is 18.8. The Morgan fingerprint density at radius 1 is 1.20 bits per heavy atom. The van der Waals surface area contributed by atoms with Crippen molar-refractivity contribution in [2.75, 3.05) is 0 Å². The van der Waals surface area contributed by atoms with Gasteiger partial charge in [0.2, 0.25) is 0 Å². The lowest BCUT2D eigenvalue weighted by molar-refractivity contribution is -0.118. The van der Waals surface area contributed by atoms with Gasteiger partial charge in [-0.05, 0) is 30.5 Å². The molecule has 0 amide bonds. The summed E-state index contributed by atoms with van der Waals surface area (Å²) in [6.45, 7) is 1.46. The summed E-state index contributed by atoms with van der Waals surface area (Å²) >= 11 is 2.95. The molecule has 0 aromatic heterocycles. The van der Waals surface area contributed by atoms with E-state index < -0.39 is 24.7 Å². The maximum atomic E-state index is 13.9. The number of halogens is 3. The van der Waals surface area contributed by atoms with Gasteiger partial charge in [0, 0.05) is 16.0 Å². The minimum atomic E-state index is -5.64. The summed E-state index contributed by atoms with van der Waals surface area (Å²) in [6, 6.07) is 12.8. The van der Waals surface area contributed by atoms with E-state index in [1.807, 2.05) is 30.3 Å². The summed E-state index contributed by atoms with van der Waals surface area (Å²) in [5.41, 5.74) is -3.66. The highest BCUT2D eigenvalue weighted by Crippen LogP contribution is 2.60. The molecule has 0 aliphatic rings. The first-order chi connectivity index (χ1) is 11.5. The number of ketones is 1. The second kappa shape index (κ2) is 7.46. The number of carbonyl (C=O) groups excluding carboxylic acids is 1. The Hall–Kier alpha value is -1.40. The van der Waals surface area contributed by atoms with Crippen LogP contribution in [0.1, 0.15) is 29.5 Å². The van der Waals surface area contributed by atoms with E-state index in [1.54, 1.807) is 0 Å². The third kappa shape index (κ3) is 4.42. The highest BCUT2D eigenvalue weighted by atomic mass is 79.9. The van der Waals surface area contributed by atoms with Crippen LogP contribution < -0.4 is 0 Å². The molecule has 0 spiro atoms. The Morgan fingerprint density at radius 3 is 2.28 bits per heavy atom. The molecule has 2 aromatic rings. The summed E-state index contributed by atoms with van der Waals surface area (Å²) in [6.07, 6.45) is 0.291. The van der Waals surface area contributed by atoms with Gasteiger partial charge in [-0.25, -0.2) is 0 Å². The molecular weight excluding hydrogens is 417 g/mol. The summed E-state index contributed by atoms with van der Waals surface area (Å²) in [7, 11) is -5.64. The molecule has 134 valence electrons. The SMILES string of the molecule is CC(=O)C(Cc1ccc(C(F)(F)P(=O)(O)O)c(Br)c1)c1ccccc1. The van der Waals surface area contributed by atoms with Crippen LogP contribution in [0.25, 0.3) is 0 Å². The van der Waals surface area contributed by atoms with E-state index in [4.69, 9.17) is 9.79 Å². The van der Waals surface area contributed by atoms with Gasteiger partial charge in [-0.2, -0.15) is 8.78 Å². The van der Waals surface area contributed by atoms with Crippen LogP contribution in [-0.2, 0) is 21.4 Å². The minimum Gasteiger partial charge on any atom is -0.320 e. The Kier molecular flexibility index (Phi) is 5.94. The Balaban J connectivity index is 2.34. The van der Waals surface area contributed by atoms with Crippen molar-refractivity contribution in [3.63, 3.8) is 0 Å². The van der Waals surface area contributed by atoms with Crippen LogP contribution in [0.5, 0.6) is 0 Å². The number of carbonyl (C=O) groups is 1. The van der Waals surface area contributed by atoms with Gasteiger partial charge in [-0.15, -0.1) is 0 Å². The van der Waals surface area contributed by atoms with E-state index in [-0.39, 0.29) is 10.3 Å². The van der Waals surface area contributed by atoms with Crippen molar-refractivity contribution in [1.29, 1.82) is 0 Å². The Bertz CT molecular complexity index is 821. The average Bonchev–Trinajstić information content (AvgIpc) is 2.52. The van der Waals surface area contributed by atoms with Gasteiger partial charge in [0.1, 0.15) is 5.78 Å².